The van der Waals surface area contributed by atoms with E-state index < -0.39 is 33.4 Å². The Bertz CT molecular complexity index is 1150. The zero-order valence-electron chi connectivity index (χ0n) is 14.7. The zero-order valence-corrected chi connectivity index (χ0v) is 15.5. The molecule has 13 heteroatoms. The fourth-order valence-electron chi connectivity index (χ4n) is 2.53. The normalized spacial score (nSPS) is 11.5. The van der Waals surface area contributed by atoms with Gasteiger partial charge in [0.1, 0.15) is 16.5 Å². The molecule has 3 aromatic rings. The van der Waals surface area contributed by atoms with E-state index in [1.165, 1.54) is 20.1 Å². The van der Waals surface area contributed by atoms with Crippen molar-refractivity contribution in [1.29, 1.82) is 0 Å². The van der Waals surface area contributed by atoms with Gasteiger partial charge in [-0.25, -0.2) is 9.50 Å². The summed E-state index contributed by atoms with van der Waals surface area (Å²) in [6, 6.07) is 4.24. The molecule has 0 saturated heterocycles. The number of amides is 1. The van der Waals surface area contributed by atoms with Gasteiger partial charge in [0.25, 0.3) is 11.6 Å². The van der Waals surface area contributed by atoms with Gasteiger partial charge < -0.3 is 10.1 Å². The molecule has 9 nitrogen and oxygen atoms in total. The van der Waals surface area contributed by atoms with Crippen LogP contribution in [0.15, 0.2) is 24.3 Å². The lowest BCUT2D eigenvalue weighted by Crippen LogP contribution is -2.16. The number of nitrogens with one attached hydrogen (secondary N) is 1. The number of methoxy groups -OCH3 is 1. The van der Waals surface area contributed by atoms with Crippen molar-refractivity contribution in [2.75, 3.05) is 12.4 Å². The summed E-state index contributed by atoms with van der Waals surface area (Å²) >= 11 is 6.05. The van der Waals surface area contributed by atoms with Crippen LogP contribution in [0.3, 0.4) is 0 Å². The summed E-state index contributed by atoms with van der Waals surface area (Å²) in [6.07, 6.45) is -4.76. The third-order valence-corrected chi connectivity index (χ3v) is 4.11. The fourth-order valence-corrected chi connectivity index (χ4v) is 2.77. The van der Waals surface area contributed by atoms with Gasteiger partial charge in [0.05, 0.1) is 23.8 Å². The number of hydrogen-bond donors (Lipinski definition) is 1. The first-order valence-electron chi connectivity index (χ1n) is 7.79. The molecule has 152 valence electrons. The second kappa shape index (κ2) is 7.20. The highest BCUT2D eigenvalue weighted by molar-refractivity contribution is 6.37. The number of halogens is 4. The van der Waals surface area contributed by atoms with E-state index in [0.717, 1.165) is 18.2 Å². The number of aromatic nitrogens is 3. The Labute approximate surface area is 165 Å². The molecule has 0 fully saturated rings. The summed E-state index contributed by atoms with van der Waals surface area (Å²) < 4.78 is 45.2. The molecule has 0 spiro atoms. The van der Waals surface area contributed by atoms with Crippen LogP contribution < -0.4 is 10.1 Å². The summed E-state index contributed by atoms with van der Waals surface area (Å²) in [5, 5.41) is 16.6. The highest BCUT2D eigenvalue weighted by Gasteiger charge is 2.36. The minimum atomic E-state index is -4.76. The maximum absolute atomic E-state index is 13.3. The number of alkyl halides is 3. The zero-order chi connectivity index (χ0) is 21.5. The molecular formula is C16H11ClF3N5O4. The molecule has 1 aromatic carbocycles. The molecule has 0 saturated carbocycles. The fraction of sp³-hybridized carbons (Fsp3) is 0.188. The quantitative estimate of drug-likeness (QED) is 0.497. The lowest BCUT2D eigenvalue weighted by atomic mass is 10.2. The average Bonchev–Trinajstić information content (AvgIpc) is 2.96. The molecule has 0 aliphatic rings. The van der Waals surface area contributed by atoms with Gasteiger partial charge in [0.2, 0.25) is 0 Å². The van der Waals surface area contributed by atoms with Gasteiger partial charge >= 0.3 is 6.18 Å². The molecule has 0 unspecified atom stereocenters. The summed E-state index contributed by atoms with van der Waals surface area (Å²) in [7, 11) is 1.27. The minimum absolute atomic E-state index is 0.0296. The van der Waals surface area contributed by atoms with Crippen molar-refractivity contribution in [2.24, 2.45) is 0 Å². The number of hydrogen-bond acceptors (Lipinski definition) is 6. The van der Waals surface area contributed by atoms with E-state index in [4.69, 9.17) is 16.3 Å². The van der Waals surface area contributed by atoms with Crippen LogP contribution in [0.2, 0.25) is 5.02 Å². The number of nitro groups is 1. The molecule has 2 aromatic heterocycles. The molecule has 0 aliphatic carbocycles. The molecule has 0 bridgehead atoms. The van der Waals surface area contributed by atoms with Gasteiger partial charge in [0, 0.05) is 17.8 Å². The second-order valence-corrected chi connectivity index (χ2v) is 6.19. The average molecular weight is 430 g/mol. The maximum Gasteiger partial charge on any atom is 0.433 e. The molecule has 3 rings (SSSR count). The number of nitro benzene ring substituents is 1. The Kier molecular flexibility index (Phi) is 5.05. The number of nitrogens with zero attached hydrogens (tertiary/aromatic N) is 4. The monoisotopic (exact) mass is 429 g/mol. The van der Waals surface area contributed by atoms with Crippen molar-refractivity contribution in [1.82, 2.24) is 14.6 Å². The lowest BCUT2D eigenvalue weighted by Gasteiger charge is -2.09. The molecule has 29 heavy (non-hydrogen) atoms. The Hall–Kier alpha value is -3.41. The summed E-state index contributed by atoms with van der Waals surface area (Å²) in [6.45, 7) is 1.34. The van der Waals surface area contributed by atoms with Gasteiger partial charge in [-0.15, -0.1) is 0 Å². The first-order chi connectivity index (χ1) is 13.5. The third-order valence-electron chi connectivity index (χ3n) is 3.76. The highest BCUT2D eigenvalue weighted by Crippen LogP contribution is 2.33. The molecule has 0 aliphatic heterocycles. The van der Waals surface area contributed by atoms with E-state index >= 15 is 0 Å². The van der Waals surface area contributed by atoms with E-state index in [9.17, 15) is 28.1 Å². The van der Waals surface area contributed by atoms with Crippen LogP contribution in [0.25, 0.3) is 5.65 Å². The van der Waals surface area contributed by atoms with Crippen molar-refractivity contribution in [3.05, 3.63) is 56.5 Å². The number of rotatable bonds is 4. The van der Waals surface area contributed by atoms with Crippen LogP contribution in [0.1, 0.15) is 21.9 Å². The van der Waals surface area contributed by atoms with Crippen LogP contribution in [0.4, 0.5) is 24.5 Å². The second-order valence-electron chi connectivity index (χ2n) is 5.81. The summed E-state index contributed by atoms with van der Waals surface area (Å²) in [5.41, 5.74) is -2.40. The molecule has 0 atom stereocenters. The van der Waals surface area contributed by atoms with Crippen molar-refractivity contribution < 1.29 is 27.6 Å². The van der Waals surface area contributed by atoms with Crippen LogP contribution >= 0.6 is 11.6 Å². The Balaban J connectivity index is 2.06. The van der Waals surface area contributed by atoms with Gasteiger partial charge in [-0.05, 0) is 13.0 Å². The molecule has 1 amide bonds. The smallest absolute Gasteiger partial charge is 0.433 e. The number of benzene rings is 1. The van der Waals surface area contributed by atoms with Crippen molar-refractivity contribution in [2.45, 2.75) is 13.1 Å². The Morgan fingerprint density at radius 3 is 2.59 bits per heavy atom. The minimum Gasteiger partial charge on any atom is -0.496 e. The van der Waals surface area contributed by atoms with E-state index in [1.807, 2.05) is 0 Å². The van der Waals surface area contributed by atoms with E-state index in [-0.39, 0.29) is 28.5 Å². The van der Waals surface area contributed by atoms with Crippen molar-refractivity contribution in [3.63, 3.8) is 0 Å². The first-order valence-corrected chi connectivity index (χ1v) is 8.17. The molecule has 0 radical (unpaired) electrons. The van der Waals surface area contributed by atoms with E-state index in [0.29, 0.717) is 4.52 Å². The summed E-state index contributed by atoms with van der Waals surface area (Å²) in [5.74, 6) is -0.888. The number of ether oxygens (including phenoxy) is 1. The van der Waals surface area contributed by atoms with Crippen LogP contribution in [0, 0.1) is 17.0 Å². The van der Waals surface area contributed by atoms with Gasteiger partial charge in [0.15, 0.2) is 11.3 Å². The van der Waals surface area contributed by atoms with Gasteiger partial charge in [-0.2, -0.15) is 18.3 Å². The Morgan fingerprint density at radius 2 is 2.00 bits per heavy atom. The van der Waals surface area contributed by atoms with Crippen LogP contribution in [-0.2, 0) is 6.18 Å². The Morgan fingerprint density at radius 1 is 1.31 bits per heavy atom. The number of carbonyl (C=O) groups excluding carboxylic acids is 1. The predicted octanol–water partition coefficient (Wildman–Crippen LogP) is 3.88. The van der Waals surface area contributed by atoms with Crippen LogP contribution in [-0.4, -0.2) is 32.5 Å². The lowest BCUT2D eigenvalue weighted by molar-refractivity contribution is -0.384. The number of carbonyl (C=O) groups is 1. The summed E-state index contributed by atoms with van der Waals surface area (Å²) in [4.78, 5) is 26.7. The maximum atomic E-state index is 13.3. The van der Waals surface area contributed by atoms with Crippen molar-refractivity contribution in [3.8, 4) is 5.75 Å². The highest BCUT2D eigenvalue weighted by atomic mass is 35.5. The van der Waals surface area contributed by atoms with Gasteiger partial charge in [-0.1, -0.05) is 11.6 Å². The number of fused-ring (bicyclic) bond motifs is 1. The number of aryl methyl sites for hydroxylation is 1. The SMILES string of the molecule is COc1cc(NC(=O)c2nn3c(C(F)(F)F)cc(C)nc3c2Cl)cc([N+](=O)[O-])c1. The first kappa shape index (κ1) is 20.3. The third kappa shape index (κ3) is 3.92. The van der Waals surface area contributed by atoms with Crippen molar-refractivity contribution >= 4 is 34.5 Å². The van der Waals surface area contributed by atoms with Gasteiger partial charge in [-0.3, -0.25) is 14.9 Å². The van der Waals surface area contributed by atoms with E-state index in [1.54, 1.807) is 0 Å². The predicted molar refractivity (Wildman–Crippen MR) is 95.3 cm³/mol. The van der Waals surface area contributed by atoms with E-state index in [2.05, 4.69) is 15.4 Å². The largest absolute Gasteiger partial charge is 0.496 e. The molecule has 2 heterocycles. The number of non-ortho nitro benzene ring substituents is 1. The topological polar surface area (TPSA) is 112 Å². The standard InChI is InChI=1S/C16H11ClF3N5O4/c1-7-3-11(16(18,19)20)24-14(21-7)12(17)13(23-24)15(26)22-8-4-9(25(27)28)6-10(5-8)29-2/h3-6H,1-2H3,(H,22,26). The van der Waals surface area contributed by atoms with Crippen LogP contribution in [0.5, 0.6) is 5.75 Å². The number of anilines is 1. The molecule has 1 N–H and O–H groups in total. The molecular weight excluding hydrogens is 419 g/mol.